The van der Waals surface area contributed by atoms with Crippen LogP contribution in [-0.2, 0) is 0 Å². The van der Waals surface area contributed by atoms with Crippen LogP contribution in [0.2, 0.25) is 0 Å². The van der Waals surface area contributed by atoms with E-state index in [0.717, 1.165) is 31.6 Å². The third-order valence-corrected chi connectivity index (χ3v) is 3.17. The van der Waals surface area contributed by atoms with Gasteiger partial charge >= 0.3 is 6.61 Å². The molecular formula is C13H18F2N2O. The summed E-state index contributed by atoms with van der Waals surface area (Å²) in [6.45, 7) is -0.591. The Morgan fingerprint density at radius 3 is 2.39 bits per heavy atom. The number of nitrogens with zero attached hydrogens (tertiary/aromatic N) is 1. The van der Waals surface area contributed by atoms with Crippen LogP contribution in [0.25, 0.3) is 0 Å². The maximum atomic E-state index is 12.0. The molecule has 0 bridgehead atoms. The molecule has 0 amide bonds. The van der Waals surface area contributed by atoms with Gasteiger partial charge in [0.2, 0.25) is 0 Å². The Labute approximate surface area is 106 Å². The summed E-state index contributed by atoms with van der Waals surface area (Å²) in [6, 6.07) is 7.13. The number of hydrogen-bond donors (Lipinski definition) is 1. The summed E-state index contributed by atoms with van der Waals surface area (Å²) < 4.78 is 28.3. The molecule has 1 aliphatic rings. The average molecular weight is 256 g/mol. The molecule has 18 heavy (non-hydrogen) atoms. The lowest BCUT2D eigenvalue weighted by atomic mass is 10.1. The highest BCUT2D eigenvalue weighted by Crippen LogP contribution is 2.20. The molecule has 0 aliphatic carbocycles. The third kappa shape index (κ3) is 3.84. The summed E-state index contributed by atoms with van der Waals surface area (Å²) in [6.07, 6.45) is 2.21. The Bertz CT molecular complexity index is 362. The Hall–Kier alpha value is -1.36. The number of benzene rings is 1. The van der Waals surface area contributed by atoms with Gasteiger partial charge < -0.3 is 15.0 Å². The number of ether oxygens (including phenoxy) is 1. The molecule has 2 rings (SSSR count). The topological polar surface area (TPSA) is 24.5 Å². The van der Waals surface area contributed by atoms with Gasteiger partial charge in [-0.25, -0.2) is 0 Å². The highest BCUT2D eigenvalue weighted by Gasteiger charge is 2.16. The maximum Gasteiger partial charge on any atom is 0.387 e. The molecule has 100 valence electrons. The lowest BCUT2D eigenvalue weighted by Crippen LogP contribution is -2.36. The van der Waals surface area contributed by atoms with Gasteiger partial charge in [-0.2, -0.15) is 8.78 Å². The van der Waals surface area contributed by atoms with Crippen molar-refractivity contribution in [2.45, 2.75) is 25.5 Å². The number of rotatable bonds is 4. The van der Waals surface area contributed by atoms with Crippen LogP contribution in [0, 0.1) is 0 Å². The van der Waals surface area contributed by atoms with Crippen LogP contribution in [0.1, 0.15) is 12.8 Å². The molecular weight excluding hydrogens is 238 g/mol. The van der Waals surface area contributed by atoms with Gasteiger partial charge in [0.25, 0.3) is 0 Å². The van der Waals surface area contributed by atoms with Crippen LogP contribution in [-0.4, -0.2) is 37.7 Å². The first kappa shape index (κ1) is 13.1. The molecule has 3 nitrogen and oxygen atoms in total. The van der Waals surface area contributed by atoms with Crippen molar-refractivity contribution < 1.29 is 13.5 Å². The van der Waals surface area contributed by atoms with E-state index in [-0.39, 0.29) is 5.75 Å². The minimum atomic E-state index is -2.77. The second-order valence-electron chi connectivity index (χ2n) is 4.62. The molecule has 0 atom stereocenters. The Balaban J connectivity index is 1.86. The zero-order valence-corrected chi connectivity index (χ0v) is 10.4. The zero-order valence-electron chi connectivity index (χ0n) is 10.4. The number of likely N-dealkylation sites (tertiary alicyclic amines) is 1. The normalized spacial score (nSPS) is 18.0. The minimum Gasteiger partial charge on any atom is -0.435 e. The molecule has 1 aromatic rings. The van der Waals surface area contributed by atoms with Crippen LogP contribution in [0.4, 0.5) is 14.5 Å². The largest absolute Gasteiger partial charge is 0.435 e. The summed E-state index contributed by atoms with van der Waals surface area (Å²) >= 11 is 0. The van der Waals surface area contributed by atoms with Crippen molar-refractivity contribution in [2.24, 2.45) is 0 Å². The molecule has 0 unspecified atom stereocenters. The number of hydrogen-bond acceptors (Lipinski definition) is 3. The summed E-state index contributed by atoms with van der Waals surface area (Å²) in [4.78, 5) is 2.30. The van der Waals surface area contributed by atoms with Crippen LogP contribution in [0.5, 0.6) is 5.75 Å². The summed E-state index contributed by atoms with van der Waals surface area (Å²) in [7, 11) is 2.12. The van der Waals surface area contributed by atoms with Crippen LogP contribution in [0.3, 0.4) is 0 Å². The van der Waals surface area contributed by atoms with Crippen molar-refractivity contribution in [1.29, 1.82) is 0 Å². The predicted octanol–water partition coefficient (Wildman–Crippen LogP) is 2.79. The molecule has 0 saturated carbocycles. The van der Waals surface area contributed by atoms with Crippen LogP contribution < -0.4 is 10.1 Å². The van der Waals surface area contributed by atoms with Gasteiger partial charge in [-0.15, -0.1) is 0 Å². The van der Waals surface area contributed by atoms with E-state index < -0.39 is 6.61 Å². The Kier molecular flexibility index (Phi) is 4.36. The number of halogens is 2. The molecule has 1 saturated heterocycles. The minimum absolute atomic E-state index is 0.193. The molecule has 1 aromatic carbocycles. The summed E-state index contributed by atoms with van der Waals surface area (Å²) in [5.74, 6) is 0.193. The Morgan fingerprint density at radius 2 is 1.83 bits per heavy atom. The molecule has 0 radical (unpaired) electrons. The van der Waals surface area contributed by atoms with Crippen LogP contribution in [0.15, 0.2) is 24.3 Å². The van der Waals surface area contributed by atoms with E-state index in [1.54, 1.807) is 24.3 Å². The van der Waals surface area contributed by atoms with Crippen molar-refractivity contribution in [2.75, 3.05) is 25.5 Å². The van der Waals surface area contributed by atoms with Crippen LogP contribution >= 0.6 is 0 Å². The van der Waals surface area contributed by atoms with Gasteiger partial charge in [0.05, 0.1) is 0 Å². The van der Waals surface area contributed by atoms with E-state index in [1.165, 1.54) is 0 Å². The zero-order chi connectivity index (χ0) is 13.0. The molecule has 1 aliphatic heterocycles. The Morgan fingerprint density at radius 1 is 1.22 bits per heavy atom. The van der Waals surface area contributed by atoms with Gasteiger partial charge in [0.15, 0.2) is 0 Å². The molecule has 1 fully saturated rings. The second kappa shape index (κ2) is 6.00. The van der Waals surface area contributed by atoms with Crippen molar-refractivity contribution >= 4 is 5.69 Å². The summed E-state index contributed by atoms with van der Waals surface area (Å²) in [5, 5.41) is 3.41. The molecule has 1 heterocycles. The smallest absolute Gasteiger partial charge is 0.387 e. The predicted molar refractivity (Wildman–Crippen MR) is 67.2 cm³/mol. The van der Waals surface area contributed by atoms with Gasteiger partial charge in [-0.05, 0) is 57.2 Å². The van der Waals surface area contributed by atoms with E-state index >= 15 is 0 Å². The van der Waals surface area contributed by atoms with E-state index in [4.69, 9.17) is 0 Å². The monoisotopic (exact) mass is 256 g/mol. The molecule has 0 aromatic heterocycles. The average Bonchev–Trinajstić information content (AvgIpc) is 2.34. The standard InChI is InChI=1S/C13H18F2N2O/c1-17-8-6-11(7-9-17)16-10-2-4-12(5-3-10)18-13(14)15/h2-5,11,13,16H,6-9H2,1H3. The van der Waals surface area contributed by atoms with Gasteiger partial charge in [0.1, 0.15) is 5.75 Å². The quantitative estimate of drug-likeness (QED) is 0.896. The van der Waals surface area contributed by atoms with Gasteiger partial charge in [0, 0.05) is 11.7 Å². The van der Waals surface area contributed by atoms with E-state index in [0.29, 0.717) is 6.04 Å². The lowest BCUT2D eigenvalue weighted by Gasteiger charge is -2.30. The number of piperidine rings is 1. The number of alkyl halides is 2. The number of nitrogens with one attached hydrogen (secondary N) is 1. The summed E-state index contributed by atoms with van der Waals surface area (Å²) in [5.41, 5.74) is 0.950. The SMILES string of the molecule is CN1CCC(Nc2ccc(OC(F)F)cc2)CC1. The lowest BCUT2D eigenvalue weighted by molar-refractivity contribution is -0.0498. The highest BCUT2D eigenvalue weighted by atomic mass is 19.3. The van der Waals surface area contributed by atoms with E-state index in [9.17, 15) is 8.78 Å². The van der Waals surface area contributed by atoms with Crippen molar-refractivity contribution in [3.63, 3.8) is 0 Å². The first-order valence-corrected chi connectivity index (χ1v) is 6.13. The molecule has 1 N–H and O–H groups in total. The van der Waals surface area contributed by atoms with Crippen molar-refractivity contribution in [3.8, 4) is 5.75 Å². The van der Waals surface area contributed by atoms with Gasteiger partial charge in [-0.3, -0.25) is 0 Å². The third-order valence-electron chi connectivity index (χ3n) is 3.17. The van der Waals surface area contributed by atoms with E-state index in [1.807, 2.05) is 0 Å². The van der Waals surface area contributed by atoms with Crippen molar-refractivity contribution in [1.82, 2.24) is 4.90 Å². The second-order valence-corrected chi connectivity index (χ2v) is 4.62. The first-order valence-electron chi connectivity index (χ1n) is 6.13. The fourth-order valence-electron chi connectivity index (χ4n) is 2.12. The molecule has 0 spiro atoms. The fraction of sp³-hybridized carbons (Fsp3) is 0.538. The first-order chi connectivity index (χ1) is 8.63. The highest BCUT2D eigenvalue weighted by molar-refractivity contribution is 5.47. The van der Waals surface area contributed by atoms with E-state index in [2.05, 4.69) is 22.0 Å². The fourth-order valence-corrected chi connectivity index (χ4v) is 2.12. The van der Waals surface area contributed by atoms with Gasteiger partial charge in [-0.1, -0.05) is 0 Å². The van der Waals surface area contributed by atoms with Crippen molar-refractivity contribution in [3.05, 3.63) is 24.3 Å². The maximum absolute atomic E-state index is 12.0. The molecule has 5 heteroatoms. The number of anilines is 1.